The number of hydrogen-bond acceptors (Lipinski definition) is 2. The Labute approximate surface area is 165 Å². The zero-order valence-corrected chi connectivity index (χ0v) is 15.6. The highest BCUT2D eigenvalue weighted by Gasteiger charge is 2.30. The number of carboxylic acid groups (broad SMARTS) is 1. The third kappa shape index (κ3) is 3.45. The first-order valence-electron chi connectivity index (χ1n) is 8.51. The fraction of sp³-hybridized carbons (Fsp3) is 0.200. The average molecular weight is 405 g/mol. The summed E-state index contributed by atoms with van der Waals surface area (Å²) >= 11 is 11.9. The van der Waals surface area contributed by atoms with Crippen LogP contribution in [0.4, 0.5) is 4.39 Å². The molecule has 27 heavy (non-hydrogen) atoms. The first-order valence-corrected chi connectivity index (χ1v) is 9.26. The van der Waals surface area contributed by atoms with Crippen LogP contribution >= 0.6 is 23.2 Å². The number of carboxylic acids is 1. The summed E-state index contributed by atoms with van der Waals surface area (Å²) in [7, 11) is 0. The lowest BCUT2D eigenvalue weighted by Gasteiger charge is -2.14. The Morgan fingerprint density at radius 1 is 1.19 bits per heavy atom. The Morgan fingerprint density at radius 2 is 1.89 bits per heavy atom. The Kier molecular flexibility index (Phi) is 4.66. The SMILES string of the molecule is O=C(O)c1nc(CC2CC2)n(-c2ccc(Cl)cc2)c1-c1cccc(Cl)c1F. The van der Waals surface area contributed by atoms with Gasteiger partial charge >= 0.3 is 5.97 Å². The van der Waals surface area contributed by atoms with E-state index in [9.17, 15) is 14.3 Å². The average Bonchev–Trinajstić information content (AvgIpc) is 3.37. The number of nitrogens with zero attached hydrogens (tertiary/aromatic N) is 2. The van der Waals surface area contributed by atoms with Crippen molar-refractivity contribution in [1.29, 1.82) is 0 Å². The second-order valence-corrected chi connectivity index (χ2v) is 7.43. The minimum absolute atomic E-state index is 0.0727. The number of imidazole rings is 1. The van der Waals surface area contributed by atoms with Gasteiger partial charge in [-0.15, -0.1) is 0 Å². The minimum atomic E-state index is -1.21. The molecule has 1 fully saturated rings. The maximum absolute atomic E-state index is 14.8. The standard InChI is InChI=1S/C20H15Cl2FN2O2/c21-12-6-8-13(9-7-12)25-16(10-11-4-5-11)24-18(20(26)27)19(25)14-2-1-3-15(22)17(14)23/h1-3,6-9,11H,4-5,10H2,(H,26,27). The summed E-state index contributed by atoms with van der Waals surface area (Å²) in [6.07, 6.45) is 2.79. The van der Waals surface area contributed by atoms with E-state index in [0.717, 1.165) is 12.8 Å². The number of aromatic carboxylic acids is 1. The van der Waals surface area contributed by atoms with Crippen molar-refractivity contribution in [1.82, 2.24) is 9.55 Å². The predicted molar refractivity (Wildman–Crippen MR) is 102 cm³/mol. The van der Waals surface area contributed by atoms with E-state index < -0.39 is 11.8 Å². The third-order valence-electron chi connectivity index (χ3n) is 4.61. The molecule has 2 aromatic carbocycles. The van der Waals surface area contributed by atoms with E-state index in [1.165, 1.54) is 12.1 Å². The fourth-order valence-corrected chi connectivity index (χ4v) is 3.44. The summed E-state index contributed by atoms with van der Waals surface area (Å²) < 4.78 is 16.5. The van der Waals surface area contributed by atoms with Gasteiger partial charge in [0.25, 0.3) is 0 Å². The molecule has 1 aliphatic rings. The van der Waals surface area contributed by atoms with Crippen LogP contribution < -0.4 is 0 Å². The van der Waals surface area contributed by atoms with E-state index in [1.54, 1.807) is 34.9 Å². The van der Waals surface area contributed by atoms with Gasteiger partial charge in [-0.05, 0) is 55.2 Å². The molecule has 4 rings (SSSR count). The molecule has 1 saturated carbocycles. The van der Waals surface area contributed by atoms with E-state index >= 15 is 0 Å². The van der Waals surface area contributed by atoms with E-state index in [1.807, 2.05) is 0 Å². The van der Waals surface area contributed by atoms with E-state index in [2.05, 4.69) is 4.98 Å². The van der Waals surface area contributed by atoms with Gasteiger partial charge in [0.2, 0.25) is 0 Å². The van der Waals surface area contributed by atoms with Crippen molar-refractivity contribution in [2.75, 3.05) is 0 Å². The lowest BCUT2D eigenvalue weighted by Crippen LogP contribution is -2.06. The number of rotatable bonds is 5. The zero-order valence-electron chi connectivity index (χ0n) is 14.1. The third-order valence-corrected chi connectivity index (χ3v) is 5.15. The van der Waals surface area contributed by atoms with Crippen LogP contribution in [0.5, 0.6) is 0 Å². The van der Waals surface area contributed by atoms with Crippen molar-refractivity contribution in [3.05, 3.63) is 69.8 Å². The molecule has 0 unspecified atom stereocenters. The largest absolute Gasteiger partial charge is 0.476 e. The van der Waals surface area contributed by atoms with Crippen LogP contribution in [0, 0.1) is 11.7 Å². The summed E-state index contributed by atoms with van der Waals surface area (Å²) in [6, 6.07) is 11.5. The monoisotopic (exact) mass is 404 g/mol. The first kappa shape index (κ1) is 18.0. The van der Waals surface area contributed by atoms with Gasteiger partial charge in [-0.3, -0.25) is 4.57 Å². The second-order valence-electron chi connectivity index (χ2n) is 6.59. The zero-order chi connectivity index (χ0) is 19.1. The number of halogens is 3. The summed E-state index contributed by atoms with van der Waals surface area (Å²) in [5.41, 5.74) is 0.760. The van der Waals surface area contributed by atoms with Crippen LogP contribution in [0.3, 0.4) is 0 Å². The molecule has 0 spiro atoms. The van der Waals surface area contributed by atoms with Crippen LogP contribution in [0.15, 0.2) is 42.5 Å². The smallest absolute Gasteiger partial charge is 0.356 e. The van der Waals surface area contributed by atoms with Crippen LogP contribution in [0.25, 0.3) is 16.9 Å². The van der Waals surface area contributed by atoms with Gasteiger partial charge in [-0.25, -0.2) is 14.2 Å². The molecule has 138 valence electrons. The van der Waals surface area contributed by atoms with Gasteiger partial charge < -0.3 is 5.11 Å². The highest BCUT2D eigenvalue weighted by molar-refractivity contribution is 6.31. The van der Waals surface area contributed by atoms with Crippen molar-refractivity contribution < 1.29 is 14.3 Å². The lowest BCUT2D eigenvalue weighted by atomic mass is 10.1. The van der Waals surface area contributed by atoms with Gasteiger partial charge in [-0.2, -0.15) is 0 Å². The number of carbonyl (C=O) groups is 1. The number of hydrogen-bond donors (Lipinski definition) is 1. The quantitative estimate of drug-likeness (QED) is 0.598. The molecule has 4 nitrogen and oxygen atoms in total. The van der Waals surface area contributed by atoms with Crippen molar-refractivity contribution in [2.45, 2.75) is 19.3 Å². The maximum Gasteiger partial charge on any atom is 0.356 e. The van der Waals surface area contributed by atoms with Gasteiger partial charge in [0, 0.05) is 22.7 Å². The summed E-state index contributed by atoms with van der Waals surface area (Å²) in [5, 5.41) is 10.2. The predicted octanol–water partition coefficient (Wildman–Crippen LogP) is 5.64. The Morgan fingerprint density at radius 3 is 2.52 bits per heavy atom. The summed E-state index contributed by atoms with van der Waals surface area (Å²) in [5.74, 6) is -0.826. The van der Waals surface area contributed by atoms with Crippen molar-refractivity contribution >= 4 is 29.2 Å². The van der Waals surface area contributed by atoms with E-state index in [4.69, 9.17) is 23.2 Å². The van der Waals surface area contributed by atoms with Crippen molar-refractivity contribution in [3.8, 4) is 16.9 Å². The van der Waals surface area contributed by atoms with Gasteiger partial charge in [0.1, 0.15) is 5.82 Å². The molecular weight excluding hydrogens is 390 g/mol. The molecule has 1 N–H and O–H groups in total. The molecule has 7 heteroatoms. The van der Waals surface area contributed by atoms with Gasteiger partial charge in [0.05, 0.1) is 10.7 Å². The topological polar surface area (TPSA) is 55.1 Å². The molecule has 1 heterocycles. The molecule has 0 bridgehead atoms. The summed E-state index contributed by atoms with van der Waals surface area (Å²) in [6.45, 7) is 0. The van der Waals surface area contributed by atoms with E-state index in [-0.39, 0.29) is 22.0 Å². The van der Waals surface area contributed by atoms with Crippen LogP contribution in [0.2, 0.25) is 10.0 Å². The summed E-state index contributed by atoms with van der Waals surface area (Å²) in [4.78, 5) is 16.2. The Hall–Kier alpha value is -2.37. The fourth-order valence-electron chi connectivity index (χ4n) is 3.14. The van der Waals surface area contributed by atoms with Crippen LogP contribution in [-0.2, 0) is 6.42 Å². The van der Waals surface area contributed by atoms with Crippen LogP contribution in [0.1, 0.15) is 29.2 Å². The van der Waals surface area contributed by atoms with Crippen LogP contribution in [-0.4, -0.2) is 20.6 Å². The van der Waals surface area contributed by atoms with Crippen molar-refractivity contribution in [3.63, 3.8) is 0 Å². The Bertz CT molecular complexity index is 1030. The highest BCUT2D eigenvalue weighted by Crippen LogP contribution is 2.37. The van der Waals surface area contributed by atoms with Gasteiger partial charge in [0.15, 0.2) is 11.5 Å². The maximum atomic E-state index is 14.8. The molecule has 0 radical (unpaired) electrons. The molecule has 3 aromatic rings. The molecular formula is C20H15Cl2FN2O2. The Balaban J connectivity index is 2.02. The molecule has 0 atom stereocenters. The van der Waals surface area contributed by atoms with E-state index in [0.29, 0.717) is 28.9 Å². The molecule has 1 aliphatic carbocycles. The molecule has 0 saturated heterocycles. The molecule has 1 aromatic heterocycles. The molecule has 0 aliphatic heterocycles. The van der Waals surface area contributed by atoms with Gasteiger partial charge in [-0.1, -0.05) is 29.3 Å². The molecule has 0 amide bonds. The highest BCUT2D eigenvalue weighted by atomic mass is 35.5. The first-order chi connectivity index (χ1) is 13.0. The number of benzene rings is 2. The van der Waals surface area contributed by atoms with Crippen molar-refractivity contribution in [2.24, 2.45) is 5.92 Å². The number of aromatic nitrogens is 2. The normalized spacial score (nSPS) is 13.7. The minimum Gasteiger partial charge on any atom is -0.476 e. The second kappa shape index (κ2) is 6.98. The lowest BCUT2D eigenvalue weighted by molar-refractivity contribution is 0.0691.